The number of unbranched alkanes of at least 4 members (excludes halogenated alkanes) is 2. The third-order valence-corrected chi connectivity index (χ3v) is 8.44. The molecule has 0 bridgehead atoms. The summed E-state index contributed by atoms with van der Waals surface area (Å²) in [5, 5.41) is 9.66. The monoisotopic (exact) mass is 814 g/mol. The summed E-state index contributed by atoms with van der Waals surface area (Å²) < 4.78 is 59.8. The van der Waals surface area contributed by atoms with Crippen molar-refractivity contribution >= 4 is 28.5 Å². The number of ether oxygens (including phenoxy) is 10. The van der Waals surface area contributed by atoms with Gasteiger partial charge in [0.2, 0.25) is 5.91 Å². The molecule has 17 heteroatoms. The molecule has 17 nitrogen and oxygen atoms in total. The lowest BCUT2D eigenvalue weighted by Gasteiger charge is -2.23. The zero-order valence-corrected chi connectivity index (χ0v) is 34.0. The van der Waals surface area contributed by atoms with E-state index in [1.807, 2.05) is 0 Å². The van der Waals surface area contributed by atoms with E-state index in [2.05, 4.69) is 0 Å². The number of hydrogen-bond acceptors (Lipinski definition) is 15. The van der Waals surface area contributed by atoms with Gasteiger partial charge < -0.3 is 67.5 Å². The Labute approximate surface area is 336 Å². The largest absolute Gasteiger partial charge is 0.481 e. The molecule has 0 atom stereocenters. The first-order valence-electron chi connectivity index (χ1n) is 19.8. The molecule has 0 unspecified atom stereocenters. The van der Waals surface area contributed by atoms with Crippen LogP contribution in [0.2, 0.25) is 0 Å². The van der Waals surface area contributed by atoms with Crippen LogP contribution in [0.5, 0.6) is 0 Å². The van der Waals surface area contributed by atoms with Gasteiger partial charge in [0.25, 0.3) is 0 Å². The molecule has 0 aliphatic rings. The number of aliphatic carboxylic acids is 1. The number of nitrogens with two attached hydrogens (primary N) is 1. The van der Waals surface area contributed by atoms with E-state index in [9.17, 15) is 14.4 Å². The molecule has 1 aromatic carbocycles. The van der Waals surface area contributed by atoms with E-state index in [1.165, 1.54) is 0 Å². The predicted molar refractivity (Wildman–Crippen MR) is 212 cm³/mol. The second-order valence-electron chi connectivity index (χ2n) is 12.9. The van der Waals surface area contributed by atoms with Gasteiger partial charge in [-0.25, -0.2) is 4.79 Å². The molecule has 0 fully saturated rings. The fraction of sp³-hybridized carbons (Fsp3) is 0.725. The van der Waals surface area contributed by atoms with E-state index < -0.39 is 11.6 Å². The Hall–Kier alpha value is -3.23. The van der Waals surface area contributed by atoms with Gasteiger partial charge in [-0.2, -0.15) is 0 Å². The summed E-state index contributed by atoms with van der Waals surface area (Å²) in [6.07, 6.45) is 2.45. The Morgan fingerprint density at radius 2 is 1.07 bits per heavy atom. The molecule has 2 rings (SSSR count). The first kappa shape index (κ1) is 49.9. The van der Waals surface area contributed by atoms with Gasteiger partial charge in [0.05, 0.1) is 131 Å². The fourth-order valence-corrected chi connectivity index (χ4v) is 5.36. The van der Waals surface area contributed by atoms with Crippen molar-refractivity contribution in [3.8, 4) is 0 Å². The van der Waals surface area contributed by atoms with Crippen molar-refractivity contribution in [2.24, 2.45) is 0 Å². The number of fused-ring (bicyclic) bond motifs is 1. The van der Waals surface area contributed by atoms with Crippen LogP contribution in [0.4, 0.5) is 5.69 Å². The van der Waals surface area contributed by atoms with Crippen LogP contribution in [0.1, 0.15) is 43.2 Å². The number of rotatable bonds is 39. The van der Waals surface area contributed by atoms with Crippen LogP contribution in [-0.2, 0) is 63.4 Å². The SMILES string of the molecule is COCCOCCOCCOCCOCCOCCOCCOCCOCCOCCCN(CCCCCC(=O)O)C(=O)Cc1c(C)c2ccc(N)cc2oc1=O. The van der Waals surface area contributed by atoms with Gasteiger partial charge in [-0.3, -0.25) is 9.59 Å². The first-order valence-corrected chi connectivity index (χ1v) is 19.8. The van der Waals surface area contributed by atoms with Crippen LogP contribution in [0.15, 0.2) is 27.4 Å². The minimum absolute atomic E-state index is 0.0879. The van der Waals surface area contributed by atoms with Crippen molar-refractivity contribution in [2.45, 2.75) is 45.4 Å². The highest BCUT2D eigenvalue weighted by Gasteiger charge is 2.19. The molecule has 1 amide bonds. The minimum Gasteiger partial charge on any atom is -0.481 e. The number of nitrogen functional groups attached to an aromatic ring is 1. The smallest absolute Gasteiger partial charge is 0.340 e. The van der Waals surface area contributed by atoms with Gasteiger partial charge in [0.1, 0.15) is 5.58 Å². The van der Waals surface area contributed by atoms with E-state index in [1.54, 1.807) is 37.1 Å². The molecular formula is C40H66N2O15. The molecule has 57 heavy (non-hydrogen) atoms. The van der Waals surface area contributed by atoms with Gasteiger partial charge in [-0.15, -0.1) is 0 Å². The van der Waals surface area contributed by atoms with E-state index in [0.29, 0.717) is 187 Å². The molecule has 1 aromatic heterocycles. The van der Waals surface area contributed by atoms with E-state index in [4.69, 9.17) is 62.6 Å². The van der Waals surface area contributed by atoms with Gasteiger partial charge >= 0.3 is 11.6 Å². The second kappa shape index (κ2) is 33.7. The molecule has 0 radical (unpaired) electrons. The van der Waals surface area contributed by atoms with Crippen molar-refractivity contribution in [2.75, 3.05) is 151 Å². The Bertz CT molecular complexity index is 1390. The second-order valence-corrected chi connectivity index (χ2v) is 12.9. The van der Waals surface area contributed by atoms with E-state index in [-0.39, 0.29) is 18.7 Å². The van der Waals surface area contributed by atoms with Crippen LogP contribution in [0, 0.1) is 6.92 Å². The van der Waals surface area contributed by atoms with Crippen LogP contribution in [0.25, 0.3) is 11.0 Å². The molecule has 326 valence electrons. The Balaban J connectivity index is 1.44. The predicted octanol–water partition coefficient (Wildman–Crippen LogP) is 2.89. The van der Waals surface area contributed by atoms with Crippen LogP contribution < -0.4 is 11.4 Å². The highest BCUT2D eigenvalue weighted by molar-refractivity contribution is 5.86. The Morgan fingerprint density at radius 1 is 0.632 bits per heavy atom. The maximum atomic E-state index is 13.4. The Morgan fingerprint density at radius 3 is 1.53 bits per heavy atom. The summed E-state index contributed by atoms with van der Waals surface area (Å²) in [7, 11) is 1.64. The quantitative estimate of drug-likeness (QED) is 0.0566. The number of carbonyl (C=O) groups excluding carboxylic acids is 1. The average Bonchev–Trinajstić information content (AvgIpc) is 3.19. The van der Waals surface area contributed by atoms with Crippen LogP contribution in [0.3, 0.4) is 0 Å². The standard InChI is InChI=1S/C40H66N2O15/c1-33-35-9-8-34(41)31-37(35)57-40(46)36(33)32-38(43)42(10-5-3-4-7-39(44)45)11-6-12-48-15-16-50-19-20-52-23-24-54-27-28-56-30-29-55-26-25-53-22-21-51-18-17-49-14-13-47-2/h8-9,31H,3-7,10-30,32,41H2,1-2H3,(H,44,45). The third-order valence-electron chi connectivity index (χ3n) is 8.44. The van der Waals surface area contributed by atoms with Gasteiger partial charge in [0, 0.05) is 50.4 Å². The highest BCUT2D eigenvalue weighted by atomic mass is 16.6. The number of benzene rings is 1. The number of aryl methyl sites for hydroxylation is 1. The summed E-state index contributed by atoms with van der Waals surface area (Å²) in [6, 6.07) is 5.10. The van der Waals surface area contributed by atoms with Crippen molar-refractivity contribution in [1.29, 1.82) is 0 Å². The number of carboxylic acid groups (broad SMARTS) is 1. The van der Waals surface area contributed by atoms with Crippen molar-refractivity contribution < 1.29 is 66.5 Å². The topological polar surface area (TPSA) is 206 Å². The first-order chi connectivity index (χ1) is 27.8. The summed E-state index contributed by atoms with van der Waals surface area (Å²) in [6.45, 7) is 11.8. The third kappa shape index (κ3) is 25.0. The Kier molecular flexibility index (Phi) is 29.5. The summed E-state index contributed by atoms with van der Waals surface area (Å²) in [5.41, 5.74) is 7.14. The van der Waals surface area contributed by atoms with Gasteiger partial charge in [-0.05, 0) is 43.9 Å². The minimum atomic E-state index is -0.840. The normalized spacial score (nSPS) is 11.5. The number of amides is 1. The average molecular weight is 815 g/mol. The molecule has 2 aromatic rings. The van der Waals surface area contributed by atoms with Gasteiger partial charge in [-0.1, -0.05) is 6.42 Å². The number of carboxylic acids is 1. The highest BCUT2D eigenvalue weighted by Crippen LogP contribution is 2.22. The van der Waals surface area contributed by atoms with E-state index in [0.717, 1.165) is 5.39 Å². The lowest BCUT2D eigenvalue weighted by Crippen LogP contribution is -2.36. The maximum absolute atomic E-state index is 13.4. The lowest BCUT2D eigenvalue weighted by molar-refractivity contribution is -0.137. The molecule has 1 heterocycles. The lowest BCUT2D eigenvalue weighted by atomic mass is 10.0. The zero-order valence-electron chi connectivity index (χ0n) is 34.0. The fourth-order valence-electron chi connectivity index (χ4n) is 5.36. The summed E-state index contributed by atoms with van der Waals surface area (Å²) >= 11 is 0. The number of nitrogens with zero attached hydrogens (tertiary/aromatic N) is 1. The molecular weight excluding hydrogens is 748 g/mol. The number of methoxy groups -OCH3 is 1. The number of hydrogen-bond donors (Lipinski definition) is 2. The summed E-state index contributed by atoms with van der Waals surface area (Å²) in [4.78, 5) is 38.8. The summed E-state index contributed by atoms with van der Waals surface area (Å²) in [5.74, 6) is -1.04. The molecule has 0 saturated carbocycles. The van der Waals surface area contributed by atoms with Crippen LogP contribution in [-0.4, -0.2) is 168 Å². The molecule has 0 aliphatic heterocycles. The van der Waals surface area contributed by atoms with Crippen molar-refractivity contribution in [3.63, 3.8) is 0 Å². The number of anilines is 1. The molecule has 0 saturated heterocycles. The zero-order chi connectivity index (χ0) is 41.2. The molecule has 0 spiro atoms. The van der Waals surface area contributed by atoms with Crippen molar-refractivity contribution in [3.05, 3.63) is 39.7 Å². The molecule has 0 aliphatic carbocycles. The number of carbonyl (C=O) groups is 2. The molecule has 3 N–H and O–H groups in total. The van der Waals surface area contributed by atoms with Crippen LogP contribution >= 0.6 is 0 Å². The van der Waals surface area contributed by atoms with E-state index >= 15 is 0 Å². The van der Waals surface area contributed by atoms with Crippen molar-refractivity contribution in [1.82, 2.24) is 4.90 Å². The van der Waals surface area contributed by atoms with Gasteiger partial charge in [0.15, 0.2) is 0 Å². The maximum Gasteiger partial charge on any atom is 0.340 e.